The molecule has 33 heavy (non-hydrogen) atoms. The minimum Gasteiger partial charge on any atom is -0.497 e. The molecule has 10 heteroatoms. The van der Waals surface area contributed by atoms with Crippen molar-refractivity contribution in [1.29, 1.82) is 0 Å². The van der Waals surface area contributed by atoms with Gasteiger partial charge in [-0.3, -0.25) is 9.69 Å². The lowest BCUT2D eigenvalue weighted by Gasteiger charge is -2.24. The Balaban J connectivity index is 1.41. The molecular formula is C23H26N6O4. The van der Waals surface area contributed by atoms with Crippen LogP contribution in [0.3, 0.4) is 0 Å². The van der Waals surface area contributed by atoms with E-state index < -0.39 is 0 Å². The van der Waals surface area contributed by atoms with Gasteiger partial charge in [-0.2, -0.15) is 0 Å². The normalized spacial score (nSPS) is 16.1. The number of fused-ring (bicyclic) bond motifs is 1. The van der Waals surface area contributed by atoms with Gasteiger partial charge in [-0.15, -0.1) is 5.10 Å². The van der Waals surface area contributed by atoms with Crippen molar-refractivity contribution in [3.63, 3.8) is 0 Å². The highest BCUT2D eigenvalue weighted by atomic mass is 16.5. The first kappa shape index (κ1) is 21.4. The van der Waals surface area contributed by atoms with Crippen LogP contribution in [0.2, 0.25) is 0 Å². The van der Waals surface area contributed by atoms with Gasteiger partial charge in [0, 0.05) is 36.2 Å². The molecule has 1 aliphatic heterocycles. The van der Waals surface area contributed by atoms with Gasteiger partial charge >= 0.3 is 0 Å². The van der Waals surface area contributed by atoms with Crippen LogP contribution in [0.4, 0.5) is 0 Å². The summed E-state index contributed by atoms with van der Waals surface area (Å²) in [6.07, 6.45) is 3.80. The Morgan fingerprint density at radius 3 is 3.00 bits per heavy atom. The molecule has 1 fully saturated rings. The standard InChI is InChI=1S/C23H26N6O4/c1-31-18-6-7-21-16(11-18)10-17(23(30)24-21)12-28(13-19-4-2-8-32-19)15-22-25-26-27-29(22)14-20-5-3-9-33-20/h3,5-7,9-11,19H,2,4,8,12-15H2,1H3,(H,24,30)/t19-/m1/s1. The SMILES string of the molecule is COc1ccc2[nH]c(=O)c(CN(Cc3nnnn3Cc3ccco3)C[C@H]3CCCO3)cc2c1. The summed E-state index contributed by atoms with van der Waals surface area (Å²) in [5, 5.41) is 13.1. The number of methoxy groups -OCH3 is 1. The van der Waals surface area contributed by atoms with E-state index in [9.17, 15) is 4.79 Å². The minimum absolute atomic E-state index is 0.111. The van der Waals surface area contributed by atoms with E-state index >= 15 is 0 Å². The van der Waals surface area contributed by atoms with Crippen LogP contribution in [0.1, 0.15) is 30.0 Å². The molecule has 0 saturated carbocycles. The third kappa shape index (κ3) is 4.96. The molecule has 0 bridgehead atoms. The second kappa shape index (κ2) is 9.55. The molecule has 1 saturated heterocycles. The molecular weight excluding hydrogens is 424 g/mol. The third-order valence-corrected chi connectivity index (χ3v) is 5.86. The Hall–Kier alpha value is -3.50. The molecule has 3 aromatic heterocycles. The topological polar surface area (TPSA) is 111 Å². The Morgan fingerprint density at radius 2 is 2.21 bits per heavy atom. The monoisotopic (exact) mass is 450 g/mol. The summed E-state index contributed by atoms with van der Waals surface area (Å²) in [5.74, 6) is 2.21. The third-order valence-electron chi connectivity index (χ3n) is 5.86. The van der Waals surface area contributed by atoms with Crippen LogP contribution in [0, 0.1) is 0 Å². The van der Waals surface area contributed by atoms with Crippen LogP contribution in [-0.4, -0.2) is 56.5 Å². The fourth-order valence-corrected chi connectivity index (χ4v) is 4.19. The maximum atomic E-state index is 12.8. The Morgan fingerprint density at radius 1 is 1.27 bits per heavy atom. The van der Waals surface area contributed by atoms with E-state index in [0.29, 0.717) is 37.6 Å². The summed E-state index contributed by atoms with van der Waals surface area (Å²) in [5.41, 5.74) is 1.33. The van der Waals surface area contributed by atoms with E-state index in [2.05, 4.69) is 25.4 Å². The lowest BCUT2D eigenvalue weighted by atomic mass is 10.1. The quantitative estimate of drug-likeness (QED) is 0.414. The van der Waals surface area contributed by atoms with Gasteiger partial charge in [0.05, 0.1) is 26.0 Å². The van der Waals surface area contributed by atoms with Crippen molar-refractivity contribution in [2.75, 3.05) is 20.3 Å². The van der Waals surface area contributed by atoms with Gasteiger partial charge in [-0.25, -0.2) is 4.68 Å². The van der Waals surface area contributed by atoms with Crippen LogP contribution in [-0.2, 0) is 24.4 Å². The number of rotatable bonds is 9. The number of tetrazole rings is 1. The molecule has 1 aliphatic rings. The Bertz CT molecular complexity index is 1260. The summed E-state index contributed by atoms with van der Waals surface area (Å²) in [4.78, 5) is 18.0. The van der Waals surface area contributed by atoms with Crippen LogP contribution < -0.4 is 10.3 Å². The number of hydrogen-bond donors (Lipinski definition) is 1. The first-order valence-electron chi connectivity index (χ1n) is 11.0. The summed E-state index contributed by atoms with van der Waals surface area (Å²) in [6, 6.07) is 11.3. The van der Waals surface area contributed by atoms with E-state index in [1.807, 2.05) is 36.4 Å². The lowest BCUT2D eigenvalue weighted by molar-refractivity contribution is 0.0663. The van der Waals surface area contributed by atoms with Crippen molar-refractivity contribution in [1.82, 2.24) is 30.1 Å². The molecule has 5 rings (SSSR count). The van der Waals surface area contributed by atoms with Crippen molar-refractivity contribution in [3.8, 4) is 5.75 Å². The number of aromatic nitrogens is 5. The molecule has 0 spiro atoms. The summed E-state index contributed by atoms with van der Waals surface area (Å²) >= 11 is 0. The number of benzene rings is 1. The number of ether oxygens (including phenoxy) is 2. The molecule has 10 nitrogen and oxygen atoms in total. The van der Waals surface area contributed by atoms with E-state index in [0.717, 1.165) is 41.9 Å². The summed E-state index contributed by atoms with van der Waals surface area (Å²) in [7, 11) is 1.63. The van der Waals surface area contributed by atoms with Gasteiger partial charge in [0.15, 0.2) is 5.82 Å². The molecule has 4 aromatic rings. The molecule has 172 valence electrons. The highest BCUT2D eigenvalue weighted by Gasteiger charge is 2.22. The fraction of sp³-hybridized carbons (Fsp3) is 0.391. The van der Waals surface area contributed by atoms with Gasteiger partial charge in [0.1, 0.15) is 18.1 Å². The smallest absolute Gasteiger partial charge is 0.252 e. The lowest BCUT2D eigenvalue weighted by Crippen LogP contribution is -2.34. The number of aromatic amines is 1. The van der Waals surface area contributed by atoms with Crippen LogP contribution in [0.5, 0.6) is 5.75 Å². The number of nitrogens with zero attached hydrogens (tertiary/aromatic N) is 5. The van der Waals surface area contributed by atoms with Crippen LogP contribution in [0.25, 0.3) is 10.9 Å². The molecule has 4 heterocycles. The predicted octanol–water partition coefficient (Wildman–Crippen LogP) is 2.35. The predicted molar refractivity (Wildman–Crippen MR) is 120 cm³/mol. The summed E-state index contributed by atoms with van der Waals surface area (Å²) in [6.45, 7) is 2.81. The van der Waals surface area contributed by atoms with E-state index in [1.54, 1.807) is 18.1 Å². The highest BCUT2D eigenvalue weighted by molar-refractivity contribution is 5.80. The molecule has 1 atom stereocenters. The van der Waals surface area contributed by atoms with E-state index in [4.69, 9.17) is 13.9 Å². The first-order valence-corrected chi connectivity index (χ1v) is 11.0. The van der Waals surface area contributed by atoms with Gasteiger partial charge in [-0.05, 0) is 59.7 Å². The zero-order valence-corrected chi connectivity index (χ0v) is 18.4. The summed E-state index contributed by atoms with van der Waals surface area (Å²) < 4.78 is 18.4. The van der Waals surface area contributed by atoms with Crippen molar-refractivity contribution in [3.05, 3.63) is 70.2 Å². The van der Waals surface area contributed by atoms with Gasteiger partial charge in [-0.1, -0.05) is 0 Å². The number of H-pyrrole nitrogens is 1. The zero-order valence-electron chi connectivity index (χ0n) is 18.4. The number of nitrogens with one attached hydrogen (secondary N) is 1. The van der Waals surface area contributed by atoms with Crippen LogP contribution >= 0.6 is 0 Å². The average Bonchev–Trinajstić information content (AvgIpc) is 3.59. The molecule has 0 amide bonds. The largest absolute Gasteiger partial charge is 0.497 e. The molecule has 1 N–H and O–H groups in total. The second-order valence-corrected chi connectivity index (χ2v) is 8.21. The maximum Gasteiger partial charge on any atom is 0.252 e. The minimum atomic E-state index is -0.111. The van der Waals surface area contributed by atoms with E-state index in [1.165, 1.54) is 0 Å². The molecule has 0 aliphatic carbocycles. The maximum absolute atomic E-state index is 12.8. The van der Waals surface area contributed by atoms with Gasteiger partial charge in [0.25, 0.3) is 5.56 Å². The number of hydrogen-bond acceptors (Lipinski definition) is 8. The molecule has 1 aromatic carbocycles. The van der Waals surface area contributed by atoms with Crippen molar-refractivity contribution in [2.24, 2.45) is 0 Å². The Kier molecular flexibility index (Phi) is 6.18. The molecule has 0 radical (unpaired) electrons. The number of pyridine rings is 1. The van der Waals surface area contributed by atoms with Crippen LogP contribution in [0.15, 0.2) is 51.9 Å². The first-order chi connectivity index (χ1) is 16.2. The highest BCUT2D eigenvalue weighted by Crippen LogP contribution is 2.21. The van der Waals surface area contributed by atoms with Crippen molar-refractivity contribution < 1.29 is 13.9 Å². The number of furan rings is 1. The second-order valence-electron chi connectivity index (χ2n) is 8.21. The van der Waals surface area contributed by atoms with Gasteiger partial charge in [0.2, 0.25) is 0 Å². The van der Waals surface area contributed by atoms with Crippen molar-refractivity contribution >= 4 is 10.9 Å². The van der Waals surface area contributed by atoms with Gasteiger partial charge < -0.3 is 18.9 Å². The van der Waals surface area contributed by atoms with Crippen molar-refractivity contribution in [2.45, 2.75) is 38.6 Å². The fourth-order valence-electron chi connectivity index (χ4n) is 4.19. The zero-order chi connectivity index (χ0) is 22.6. The molecule has 0 unspecified atom stereocenters. The van der Waals surface area contributed by atoms with E-state index in [-0.39, 0.29) is 11.7 Å². The Labute approximate surface area is 190 Å². The average molecular weight is 450 g/mol.